The Labute approximate surface area is 127 Å². The van der Waals surface area contributed by atoms with Crippen LogP contribution >= 0.6 is 0 Å². The van der Waals surface area contributed by atoms with E-state index >= 15 is 0 Å². The van der Waals surface area contributed by atoms with Crippen LogP contribution in [-0.2, 0) is 5.41 Å². The van der Waals surface area contributed by atoms with Gasteiger partial charge in [-0.25, -0.2) is 0 Å². The lowest BCUT2D eigenvalue weighted by atomic mass is 9.85. The molecule has 2 rings (SSSR count). The summed E-state index contributed by atoms with van der Waals surface area (Å²) >= 11 is 0. The average molecular weight is 279 g/mol. The minimum Gasteiger partial charge on any atom is -0.456 e. The summed E-state index contributed by atoms with van der Waals surface area (Å²) in [5, 5.41) is 9.23. The van der Waals surface area contributed by atoms with Crippen LogP contribution in [0.5, 0.6) is 11.5 Å². The van der Waals surface area contributed by atoms with Crippen molar-refractivity contribution in [2.75, 3.05) is 0 Å². The number of ether oxygens (including phenoxy) is 1. The Bertz CT molecular complexity index is 702. The molecule has 0 saturated carbocycles. The maximum absolute atomic E-state index is 9.23. The van der Waals surface area contributed by atoms with Gasteiger partial charge in [0, 0.05) is 5.56 Å². The standard InChI is InChI=1S/C19H21NO/c1-13-7-9-17(16(10-13)19(3,4)5)21-18-11-14(2)6-8-15(18)12-20/h6-11H,1-5H3. The Morgan fingerprint density at radius 1 is 0.905 bits per heavy atom. The van der Waals surface area contributed by atoms with E-state index in [-0.39, 0.29) is 5.41 Å². The summed E-state index contributed by atoms with van der Waals surface area (Å²) in [6.45, 7) is 10.6. The lowest BCUT2D eigenvalue weighted by molar-refractivity contribution is 0.453. The van der Waals surface area contributed by atoms with Crippen molar-refractivity contribution in [1.29, 1.82) is 5.26 Å². The third-order valence-electron chi connectivity index (χ3n) is 3.42. The molecule has 0 spiro atoms. The van der Waals surface area contributed by atoms with E-state index in [9.17, 15) is 5.26 Å². The number of hydrogen-bond donors (Lipinski definition) is 0. The number of aryl methyl sites for hydroxylation is 2. The molecule has 0 heterocycles. The molecular weight excluding hydrogens is 258 g/mol. The molecule has 0 aliphatic carbocycles. The molecule has 108 valence electrons. The first kappa shape index (κ1) is 15.1. The van der Waals surface area contributed by atoms with Crippen molar-refractivity contribution in [2.24, 2.45) is 0 Å². The van der Waals surface area contributed by atoms with Gasteiger partial charge in [-0.15, -0.1) is 0 Å². The largest absolute Gasteiger partial charge is 0.456 e. The molecule has 2 aromatic rings. The van der Waals surface area contributed by atoms with Gasteiger partial charge in [0.05, 0.1) is 5.56 Å². The van der Waals surface area contributed by atoms with Gasteiger partial charge in [-0.1, -0.05) is 44.5 Å². The quantitative estimate of drug-likeness (QED) is 0.750. The molecule has 0 amide bonds. The molecule has 2 aromatic carbocycles. The topological polar surface area (TPSA) is 33.0 Å². The van der Waals surface area contributed by atoms with E-state index in [2.05, 4.69) is 39.8 Å². The highest BCUT2D eigenvalue weighted by Crippen LogP contribution is 2.36. The Hall–Kier alpha value is -2.27. The van der Waals surface area contributed by atoms with Gasteiger partial charge < -0.3 is 4.74 Å². The maximum Gasteiger partial charge on any atom is 0.145 e. The Balaban J connectivity index is 2.50. The number of benzene rings is 2. The fourth-order valence-corrected chi connectivity index (χ4v) is 2.24. The van der Waals surface area contributed by atoms with Crippen molar-refractivity contribution in [3.63, 3.8) is 0 Å². The third kappa shape index (κ3) is 3.44. The first-order chi connectivity index (χ1) is 9.81. The molecule has 2 heteroatoms. The monoisotopic (exact) mass is 279 g/mol. The van der Waals surface area contributed by atoms with E-state index in [1.54, 1.807) is 6.07 Å². The SMILES string of the molecule is Cc1ccc(C#N)c(Oc2ccc(C)cc2C(C)(C)C)c1. The normalized spacial score (nSPS) is 11.0. The third-order valence-corrected chi connectivity index (χ3v) is 3.42. The van der Waals surface area contributed by atoms with E-state index in [1.165, 1.54) is 5.56 Å². The highest BCUT2D eigenvalue weighted by molar-refractivity contribution is 5.50. The van der Waals surface area contributed by atoms with Crippen LogP contribution in [0.4, 0.5) is 0 Å². The molecule has 0 fully saturated rings. The summed E-state index contributed by atoms with van der Waals surface area (Å²) < 4.78 is 6.07. The molecule has 0 aliphatic rings. The molecule has 0 N–H and O–H groups in total. The Morgan fingerprint density at radius 2 is 1.52 bits per heavy atom. The second-order valence-corrected chi connectivity index (χ2v) is 6.46. The van der Waals surface area contributed by atoms with Crippen LogP contribution in [0.1, 0.15) is 43.0 Å². The van der Waals surface area contributed by atoms with E-state index in [4.69, 9.17) is 4.74 Å². The summed E-state index contributed by atoms with van der Waals surface area (Å²) in [4.78, 5) is 0. The molecule has 0 saturated heterocycles. The van der Waals surface area contributed by atoms with Crippen molar-refractivity contribution < 1.29 is 4.74 Å². The molecule has 21 heavy (non-hydrogen) atoms. The van der Waals surface area contributed by atoms with Crippen molar-refractivity contribution in [3.05, 3.63) is 58.7 Å². The zero-order valence-electron chi connectivity index (χ0n) is 13.3. The summed E-state index contributed by atoms with van der Waals surface area (Å²) in [7, 11) is 0. The Kier molecular flexibility index (Phi) is 4.04. The van der Waals surface area contributed by atoms with Crippen molar-refractivity contribution in [3.8, 4) is 17.6 Å². The molecule has 0 atom stereocenters. The van der Waals surface area contributed by atoms with Crippen LogP contribution in [0.2, 0.25) is 0 Å². The lowest BCUT2D eigenvalue weighted by Crippen LogP contribution is -2.13. The molecule has 0 radical (unpaired) electrons. The molecule has 0 bridgehead atoms. The van der Waals surface area contributed by atoms with Crippen LogP contribution in [0.3, 0.4) is 0 Å². The lowest BCUT2D eigenvalue weighted by Gasteiger charge is -2.23. The van der Waals surface area contributed by atoms with E-state index in [1.807, 2.05) is 31.2 Å². The smallest absolute Gasteiger partial charge is 0.145 e. The molecule has 0 aliphatic heterocycles. The van der Waals surface area contributed by atoms with Gasteiger partial charge in [-0.05, 0) is 43.0 Å². The second kappa shape index (κ2) is 5.61. The van der Waals surface area contributed by atoms with E-state index in [0.717, 1.165) is 16.9 Å². The van der Waals surface area contributed by atoms with Gasteiger partial charge in [0.1, 0.15) is 17.6 Å². The Morgan fingerprint density at radius 3 is 2.14 bits per heavy atom. The van der Waals surface area contributed by atoms with Gasteiger partial charge in [0.15, 0.2) is 0 Å². The predicted molar refractivity (Wildman–Crippen MR) is 85.8 cm³/mol. The van der Waals surface area contributed by atoms with Crippen LogP contribution < -0.4 is 4.74 Å². The molecule has 2 nitrogen and oxygen atoms in total. The number of rotatable bonds is 2. The zero-order valence-corrected chi connectivity index (χ0v) is 13.3. The minimum atomic E-state index is -0.0159. The van der Waals surface area contributed by atoms with Gasteiger partial charge >= 0.3 is 0 Å². The maximum atomic E-state index is 9.23. The van der Waals surface area contributed by atoms with E-state index in [0.29, 0.717) is 11.3 Å². The molecular formula is C19H21NO. The van der Waals surface area contributed by atoms with E-state index < -0.39 is 0 Å². The zero-order chi connectivity index (χ0) is 15.6. The number of nitrogens with zero attached hydrogens (tertiary/aromatic N) is 1. The summed E-state index contributed by atoms with van der Waals surface area (Å²) in [5.74, 6) is 1.43. The molecule has 0 unspecified atom stereocenters. The number of nitriles is 1. The van der Waals surface area contributed by atoms with Crippen LogP contribution in [0.25, 0.3) is 0 Å². The second-order valence-electron chi connectivity index (χ2n) is 6.46. The first-order valence-corrected chi connectivity index (χ1v) is 7.11. The van der Waals surface area contributed by atoms with Crippen LogP contribution in [0.15, 0.2) is 36.4 Å². The minimum absolute atomic E-state index is 0.0159. The number of hydrogen-bond acceptors (Lipinski definition) is 2. The van der Waals surface area contributed by atoms with Crippen LogP contribution in [0, 0.1) is 25.2 Å². The summed E-state index contributed by atoms with van der Waals surface area (Å²) in [6, 6.07) is 14.0. The van der Waals surface area contributed by atoms with Crippen molar-refractivity contribution in [1.82, 2.24) is 0 Å². The van der Waals surface area contributed by atoms with Crippen LogP contribution in [-0.4, -0.2) is 0 Å². The fraction of sp³-hybridized carbons (Fsp3) is 0.316. The highest BCUT2D eigenvalue weighted by Gasteiger charge is 2.20. The van der Waals surface area contributed by atoms with Crippen molar-refractivity contribution in [2.45, 2.75) is 40.0 Å². The predicted octanol–water partition coefficient (Wildman–Crippen LogP) is 5.26. The average Bonchev–Trinajstić information content (AvgIpc) is 2.40. The highest BCUT2D eigenvalue weighted by atomic mass is 16.5. The van der Waals surface area contributed by atoms with Gasteiger partial charge in [0.2, 0.25) is 0 Å². The summed E-state index contributed by atoms with van der Waals surface area (Å²) in [5.41, 5.74) is 3.97. The summed E-state index contributed by atoms with van der Waals surface area (Å²) in [6.07, 6.45) is 0. The van der Waals surface area contributed by atoms with Crippen molar-refractivity contribution >= 4 is 0 Å². The molecule has 0 aromatic heterocycles. The van der Waals surface area contributed by atoms with Gasteiger partial charge in [-0.3, -0.25) is 0 Å². The van der Waals surface area contributed by atoms with Gasteiger partial charge in [-0.2, -0.15) is 5.26 Å². The fourth-order valence-electron chi connectivity index (χ4n) is 2.24. The van der Waals surface area contributed by atoms with Gasteiger partial charge in [0.25, 0.3) is 0 Å². The first-order valence-electron chi connectivity index (χ1n) is 7.11.